The molecular weight excluding hydrogens is 432 g/mol. The number of hydrogen-bond acceptors (Lipinski definition) is 8. The van der Waals surface area contributed by atoms with E-state index in [1.165, 1.54) is 29.5 Å². The van der Waals surface area contributed by atoms with Gasteiger partial charge in [0, 0.05) is 40.3 Å². The molecule has 176 valence electrons. The van der Waals surface area contributed by atoms with Gasteiger partial charge in [-0.15, -0.1) is 0 Å². The molecule has 0 radical (unpaired) electrons. The van der Waals surface area contributed by atoms with E-state index in [0.29, 0.717) is 44.3 Å². The highest BCUT2D eigenvalue weighted by atomic mass is 16.5. The number of piperazine rings is 1. The molecule has 4 heterocycles. The Hall–Kier alpha value is -3.67. The third kappa shape index (κ3) is 4.21. The molecule has 1 aliphatic heterocycles. The minimum atomic E-state index is -0.523. The summed E-state index contributed by atoms with van der Waals surface area (Å²) in [6.45, 7) is 4.21. The Morgan fingerprint density at radius 2 is 1.85 bits per heavy atom. The van der Waals surface area contributed by atoms with Gasteiger partial charge in [-0.1, -0.05) is 0 Å². The number of ether oxygens (including phenoxy) is 1. The van der Waals surface area contributed by atoms with Gasteiger partial charge in [0.1, 0.15) is 12.4 Å². The summed E-state index contributed by atoms with van der Waals surface area (Å²) in [6, 6.07) is 3.31. The monoisotopic (exact) mass is 458 g/mol. The summed E-state index contributed by atoms with van der Waals surface area (Å²) < 4.78 is 14.1. The molecule has 0 spiro atoms. The number of esters is 1. The van der Waals surface area contributed by atoms with E-state index in [4.69, 9.17) is 9.15 Å². The molecule has 1 aliphatic rings. The fourth-order valence-electron chi connectivity index (χ4n) is 3.98. The molecule has 0 aromatic carbocycles. The molecule has 0 unspecified atom stereocenters. The standard InChI is InChI=1S/C21H26N6O6/c1-4-32-16(28)13-27-15(22-18-17(27)20(30)24(3)21(31)23(18)2)12-25-7-9-26(10-8-25)19(29)14-6-5-11-33-14/h5-6,11H,4,7-10,12-13H2,1-3H3. The van der Waals surface area contributed by atoms with Crippen molar-refractivity contribution in [2.24, 2.45) is 14.1 Å². The zero-order chi connectivity index (χ0) is 23.7. The van der Waals surface area contributed by atoms with Crippen LogP contribution in [0, 0.1) is 0 Å². The van der Waals surface area contributed by atoms with Crippen LogP contribution < -0.4 is 11.2 Å². The maximum Gasteiger partial charge on any atom is 0.332 e. The lowest BCUT2D eigenvalue weighted by Gasteiger charge is -2.34. The van der Waals surface area contributed by atoms with E-state index in [1.54, 1.807) is 24.0 Å². The number of fused-ring (bicyclic) bond motifs is 1. The van der Waals surface area contributed by atoms with Crippen LogP contribution in [0.25, 0.3) is 11.2 Å². The third-order valence-corrected chi connectivity index (χ3v) is 5.78. The zero-order valence-electron chi connectivity index (χ0n) is 18.8. The van der Waals surface area contributed by atoms with E-state index in [2.05, 4.69) is 9.88 Å². The molecule has 12 heteroatoms. The predicted octanol–water partition coefficient (Wildman–Crippen LogP) is -0.452. The van der Waals surface area contributed by atoms with Crippen LogP contribution in [0.15, 0.2) is 32.4 Å². The molecule has 0 aliphatic carbocycles. The molecule has 12 nitrogen and oxygen atoms in total. The third-order valence-electron chi connectivity index (χ3n) is 5.78. The number of furan rings is 1. The van der Waals surface area contributed by atoms with Crippen LogP contribution in [-0.2, 0) is 36.7 Å². The number of aryl methyl sites for hydroxylation is 1. The second kappa shape index (κ2) is 9.06. The summed E-state index contributed by atoms with van der Waals surface area (Å²) in [6.07, 6.45) is 1.47. The number of nitrogens with zero attached hydrogens (tertiary/aromatic N) is 6. The Morgan fingerprint density at radius 3 is 2.48 bits per heavy atom. The Kier molecular flexibility index (Phi) is 6.18. The highest BCUT2D eigenvalue weighted by Crippen LogP contribution is 2.16. The van der Waals surface area contributed by atoms with Gasteiger partial charge in [-0.2, -0.15) is 0 Å². The Labute approximate surface area is 188 Å². The predicted molar refractivity (Wildman–Crippen MR) is 117 cm³/mol. The lowest BCUT2D eigenvalue weighted by atomic mass is 10.3. The van der Waals surface area contributed by atoms with Crippen LogP contribution in [0.2, 0.25) is 0 Å². The van der Waals surface area contributed by atoms with Crippen molar-refractivity contribution in [1.82, 2.24) is 28.5 Å². The largest absolute Gasteiger partial charge is 0.465 e. The maximum absolute atomic E-state index is 12.9. The maximum atomic E-state index is 12.9. The van der Waals surface area contributed by atoms with Gasteiger partial charge in [-0.25, -0.2) is 9.78 Å². The Bertz CT molecular complexity index is 1290. The molecule has 1 saturated heterocycles. The van der Waals surface area contributed by atoms with Crippen LogP contribution in [0.3, 0.4) is 0 Å². The molecule has 3 aromatic rings. The van der Waals surface area contributed by atoms with E-state index in [-0.39, 0.29) is 30.2 Å². The van der Waals surface area contributed by atoms with Gasteiger partial charge in [-0.05, 0) is 19.1 Å². The van der Waals surface area contributed by atoms with Crippen molar-refractivity contribution in [2.45, 2.75) is 20.0 Å². The molecule has 0 atom stereocenters. The second-order valence-electron chi connectivity index (χ2n) is 7.84. The number of aromatic nitrogens is 4. The van der Waals surface area contributed by atoms with Crippen molar-refractivity contribution in [1.29, 1.82) is 0 Å². The van der Waals surface area contributed by atoms with Crippen molar-refractivity contribution in [3.8, 4) is 0 Å². The summed E-state index contributed by atoms with van der Waals surface area (Å²) in [7, 11) is 2.93. The first-order valence-corrected chi connectivity index (χ1v) is 10.7. The van der Waals surface area contributed by atoms with Gasteiger partial charge in [0.2, 0.25) is 0 Å². The summed E-state index contributed by atoms with van der Waals surface area (Å²) >= 11 is 0. The number of hydrogen-bond donors (Lipinski definition) is 0. The minimum Gasteiger partial charge on any atom is -0.465 e. The van der Waals surface area contributed by atoms with Crippen molar-refractivity contribution in [3.63, 3.8) is 0 Å². The van der Waals surface area contributed by atoms with Crippen LogP contribution in [-0.4, -0.2) is 73.1 Å². The van der Waals surface area contributed by atoms with E-state index in [9.17, 15) is 19.2 Å². The van der Waals surface area contributed by atoms with Gasteiger partial charge in [0.25, 0.3) is 11.5 Å². The van der Waals surface area contributed by atoms with Crippen LogP contribution in [0.5, 0.6) is 0 Å². The molecular formula is C21H26N6O6. The highest BCUT2D eigenvalue weighted by Gasteiger charge is 2.26. The minimum absolute atomic E-state index is 0.160. The molecule has 0 saturated carbocycles. The van der Waals surface area contributed by atoms with Gasteiger partial charge in [-0.3, -0.25) is 28.4 Å². The van der Waals surface area contributed by atoms with E-state index < -0.39 is 17.2 Å². The fraction of sp³-hybridized carbons (Fsp3) is 0.476. The van der Waals surface area contributed by atoms with Crippen molar-refractivity contribution in [3.05, 3.63) is 50.8 Å². The molecule has 1 fully saturated rings. The van der Waals surface area contributed by atoms with Crippen LogP contribution in [0.4, 0.5) is 0 Å². The first-order valence-electron chi connectivity index (χ1n) is 10.7. The van der Waals surface area contributed by atoms with Crippen LogP contribution >= 0.6 is 0 Å². The Balaban J connectivity index is 1.61. The fourth-order valence-corrected chi connectivity index (χ4v) is 3.98. The smallest absolute Gasteiger partial charge is 0.332 e. The van der Waals surface area contributed by atoms with E-state index in [0.717, 1.165) is 4.57 Å². The lowest BCUT2D eigenvalue weighted by Crippen LogP contribution is -2.48. The van der Waals surface area contributed by atoms with Crippen molar-refractivity contribution < 1.29 is 18.7 Å². The average molecular weight is 458 g/mol. The number of carbonyl (C=O) groups is 2. The first kappa shape index (κ1) is 22.5. The lowest BCUT2D eigenvalue weighted by molar-refractivity contribution is -0.143. The normalized spacial score (nSPS) is 14.7. The molecule has 4 rings (SSSR count). The first-order chi connectivity index (χ1) is 15.8. The number of amides is 1. The average Bonchev–Trinajstić information content (AvgIpc) is 3.46. The molecule has 0 bridgehead atoms. The SMILES string of the molecule is CCOC(=O)Cn1c(CN2CCN(C(=O)c3ccco3)CC2)nc2c1c(=O)n(C)c(=O)n2C. The van der Waals surface area contributed by atoms with Gasteiger partial charge in [0.15, 0.2) is 16.9 Å². The zero-order valence-corrected chi connectivity index (χ0v) is 18.8. The molecule has 33 heavy (non-hydrogen) atoms. The summed E-state index contributed by atoms with van der Waals surface area (Å²) in [5.41, 5.74) is -0.627. The van der Waals surface area contributed by atoms with Gasteiger partial charge >= 0.3 is 11.7 Å². The van der Waals surface area contributed by atoms with E-state index >= 15 is 0 Å². The summed E-state index contributed by atoms with van der Waals surface area (Å²) in [4.78, 5) is 58.3. The number of rotatable bonds is 6. The quantitative estimate of drug-likeness (QED) is 0.455. The molecule has 0 N–H and O–H groups in total. The number of imidazole rings is 1. The van der Waals surface area contributed by atoms with Gasteiger partial charge in [0.05, 0.1) is 19.4 Å². The molecule has 3 aromatic heterocycles. The number of carbonyl (C=O) groups excluding carboxylic acids is 2. The van der Waals surface area contributed by atoms with Crippen molar-refractivity contribution in [2.75, 3.05) is 32.8 Å². The summed E-state index contributed by atoms with van der Waals surface area (Å²) in [5.74, 6) is 0.120. The van der Waals surface area contributed by atoms with Crippen molar-refractivity contribution >= 4 is 23.0 Å². The second-order valence-corrected chi connectivity index (χ2v) is 7.84. The van der Waals surface area contributed by atoms with Gasteiger partial charge < -0.3 is 18.6 Å². The molecule has 1 amide bonds. The van der Waals surface area contributed by atoms with Crippen LogP contribution in [0.1, 0.15) is 23.3 Å². The van der Waals surface area contributed by atoms with E-state index in [1.807, 2.05) is 0 Å². The topological polar surface area (TPSA) is 125 Å². The summed E-state index contributed by atoms with van der Waals surface area (Å²) in [5, 5.41) is 0. The Morgan fingerprint density at radius 1 is 1.12 bits per heavy atom. The highest BCUT2D eigenvalue weighted by molar-refractivity contribution is 5.91.